The number of carbonyl (C=O) groups excluding carboxylic acids is 1. The highest BCUT2D eigenvalue weighted by Crippen LogP contribution is 2.30. The summed E-state index contributed by atoms with van der Waals surface area (Å²) in [7, 11) is -3.20. The molecule has 0 aromatic heterocycles. The van der Waals surface area contributed by atoms with E-state index in [1.807, 2.05) is 0 Å². The van der Waals surface area contributed by atoms with Gasteiger partial charge in [0.1, 0.15) is 6.54 Å². The van der Waals surface area contributed by atoms with Crippen LogP contribution in [0.5, 0.6) is 0 Å². The lowest BCUT2D eigenvalue weighted by molar-refractivity contribution is -0.117. The largest absolute Gasteiger partial charge is 0.465 e. The summed E-state index contributed by atoms with van der Waals surface area (Å²) in [5, 5.41) is 0. The summed E-state index contributed by atoms with van der Waals surface area (Å²) in [5.74, 6) is -0.937. The van der Waals surface area contributed by atoms with E-state index in [4.69, 9.17) is 0 Å². The molecule has 0 unspecified atom stereocenters. The molecule has 118 valence electrons. The van der Waals surface area contributed by atoms with Crippen LogP contribution >= 0.6 is 15.9 Å². The summed E-state index contributed by atoms with van der Waals surface area (Å²) in [6.07, 6.45) is -4.14. The Morgan fingerprint density at radius 3 is 2.38 bits per heavy atom. The van der Waals surface area contributed by atoms with Crippen LogP contribution in [0.15, 0.2) is 22.7 Å². The molecule has 10 heteroatoms. The quantitative estimate of drug-likeness (QED) is 0.742. The molecule has 1 rings (SSSR count). The van der Waals surface area contributed by atoms with Gasteiger partial charge >= 0.3 is 12.1 Å². The van der Waals surface area contributed by atoms with E-state index in [9.17, 15) is 26.4 Å². The first-order chi connectivity index (χ1) is 9.45. The van der Waals surface area contributed by atoms with Crippen molar-refractivity contribution >= 4 is 37.6 Å². The van der Waals surface area contributed by atoms with E-state index in [0.29, 0.717) is 10.7 Å². The first kappa shape index (κ1) is 17.8. The highest BCUT2D eigenvalue weighted by Gasteiger charge is 2.36. The smallest absolute Gasteiger partial charge is 0.407 e. The summed E-state index contributed by atoms with van der Waals surface area (Å²) in [6, 6.07) is 3.68. The maximum Gasteiger partial charge on any atom is 0.407 e. The lowest BCUT2D eigenvalue weighted by Gasteiger charge is -2.25. The monoisotopic (exact) mass is 389 g/mol. The van der Waals surface area contributed by atoms with Gasteiger partial charge in [-0.15, -0.1) is 0 Å². The van der Waals surface area contributed by atoms with Crippen molar-refractivity contribution in [3.8, 4) is 0 Å². The van der Waals surface area contributed by atoms with E-state index < -0.39 is 34.4 Å². The number of esters is 1. The Labute approximate surface area is 127 Å². The predicted molar refractivity (Wildman–Crippen MR) is 73.7 cm³/mol. The summed E-state index contributed by atoms with van der Waals surface area (Å²) < 4.78 is 66.0. The molecule has 0 aliphatic carbocycles. The minimum Gasteiger partial charge on any atom is -0.465 e. The number of hydrogen-bond acceptors (Lipinski definition) is 4. The zero-order valence-corrected chi connectivity index (χ0v) is 13.3. The number of sulfonamides is 1. The number of nitrogens with zero attached hydrogens (tertiary/aromatic N) is 1. The average Bonchev–Trinajstić information content (AvgIpc) is 2.32. The summed E-state index contributed by atoms with van der Waals surface area (Å²) in [6.45, 7) is -1.74. The van der Waals surface area contributed by atoms with Crippen molar-refractivity contribution in [2.75, 3.05) is 24.2 Å². The topological polar surface area (TPSA) is 63.7 Å². The average molecular weight is 390 g/mol. The maximum absolute atomic E-state index is 12.6. The molecule has 0 saturated carbocycles. The van der Waals surface area contributed by atoms with Gasteiger partial charge in [-0.05, 0) is 18.2 Å². The van der Waals surface area contributed by atoms with E-state index in [1.165, 1.54) is 12.1 Å². The number of anilines is 1. The molecule has 0 amide bonds. The molecule has 0 spiro atoms. The molecule has 1 aromatic rings. The third kappa shape index (κ3) is 4.88. The molecule has 0 saturated heterocycles. The molecule has 0 fully saturated rings. The molecule has 0 heterocycles. The van der Waals surface area contributed by atoms with Crippen LogP contribution in [0.3, 0.4) is 0 Å². The standard InChI is InChI=1S/C11H11BrF3NO4S/c1-20-10(17)8-4-3-7(12)5-9(8)16(21(2,18)19)6-11(13,14)15/h3-5H,6H2,1-2H3. The van der Waals surface area contributed by atoms with Gasteiger partial charge in [-0.2, -0.15) is 13.2 Å². The summed E-state index contributed by atoms with van der Waals surface area (Å²) in [4.78, 5) is 11.6. The zero-order chi connectivity index (χ0) is 16.4. The number of methoxy groups -OCH3 is 1. The fraction of sp³-hybridized carbons (Fsp3) is 0.364. The van der Waals surface area contributed by atoms with Crippen molar-refractivity contribution in [1.82, 2.24) is 0 Å². The summed E-state index contributed by atoms with van der Waals surface area (Å²) >= 11 is 3.03. The minimum absolute atomic E-state index is 0.115. The Kier molecular flexibility index (Phi) is 5.26. The molecular formula is C11H11BrF3NO4S. The van der Waals surface area contributed by atoms with E-state index in [1.54, 1.807) is 0 Å². The van der Waals surface area contributed by atoms with Gasteiger partial charge < -0.3 is 4.74 Å². The normalized spacial score (nSPS) is 12.1. The van der Waals surface area contributed by atoms with Crippen molar-refractivity contribution in [2.24, 2.45) is 0 Å². The van der Waals surface area contributed by atoms with E-state index in [0.717, 1.165) is 13.2 Å². The SMILES string of the molecule is COC(=O)c1ccc(Br)cc1N(CC(F)(F)F)S(C)(=O)=O. The highest BCUT2D eigenvalue weighted by atomic mass is 79.9. The lowest BCUT2D eigenvalue weighted by Crippen LogP contribution is -2.39. The molecule has 1 aromatic carbocycles. The van der Waals surface area contributed by atoms with Crippen LogP contribution in [-0.4, -0.2) is 40.5 Å². The van der Waals surface area contributed by atoms with Crippen molar-refractivity contribution < 1.29 is 31.1 Å². The van der Waals surface area contributed by atoms with Crippen molar-refractivity contribution in [1.29, 1.82) is 0 Å². The van der Waals surface area contributed by atoms with Crippen molar-refractivity contribution in [3.63, 3.8) is 0 Å². The molecule has 0 bridgehead atoms. The molecule has 5 nitrogen and oxygen atoms in total. The Balaban J connectivity index is 3.50. The number of carbonyl (C=O) groups is 1. The summed E-state index contributed by atoms with van der Waals surface area (Å²) in [5.41, 5.74) is -0.688. The number of halogens is 4. The Morgan fingerprint density at radius 1 is 1.38 bits per heavy atom. The number of rotatable bonds is 4. The second kappa shape index (κ2) is 6.22. The Morgan fingerprint density at radius 2 is 1.95 bits per heavy atom. The van der Waals surface area contributed by atoms with E-state index >= 15 is 0 Å². The molecule has 0 radical (unpaired) electrons. The van der Waals surface area contributed by atoms with Gasteiger partial charge in [-0.1, -0.05) is 15.9 Å². The van der Waals surface area contributed by atoms with E-state index in [-0.39, 0.29) is 9.87 Å². The fourth-order valence-electron chi connectivity index (χ4n) is 1.54. The first-order valence-corrected chi connectivity index (χ1v) is 8.02. The predicted octanol–water partition coefficient (Wildman–Crippen LogP) is 2.56. The highest BCUT2D eigenvalue weighted by molar-refractivity contribution is 9.10. The Bertz CT molecular complexity index is 645. The van der Waals surface area contributed by atoms with Crippen molar-refractivity contribution in [2.45, 2.75) is 6.18 Å². The van der Waals surface area contributed by atoms with Crippen LogP contribution in [0, 0.1) is 0 Å². The fourth-order valence-corrected chi connectivity index (χ4v) is 2.78. The number of benzene rings is 1. The molecule has 0 N–H and O–H groups in total. The third-order valence-corrected chi connectivity index (χ3v) is 3.98. The molecular weight excluding hydrogens is 379 g/mol. The first-order valence-electron chi connectivity index (χ1n) is 5.38. The lowest BCUT2D eigenvalue weighted by atomic mass is 10.2. The van der Waals surface area contributed by atoms with Crippen LogP contribution < -0.4 is 4.31 Å². The van der Waals surface area contributed by atoms with Gasteiger partial charge in [0.2, 0.25) is 10.0 Å². The van der Waals surface area contributed by atoms with Gasteiger partial charge in [-0.25, -0.2) is 13.2 Å². The van der Waals surface area contributed by atoms with Gasteiger partial charge in [0.05, 0.1) is 24.6 Å². The number of ether oxygens (including phenoxy) is 1. The molecule has 0 aliphatic rings. The third-order valence-electron chi connectivity index (χ3n) is 2.36. The van der Waals surface area contributed by atoms with Crippen LogP contribution in [0.4, 0.5) is 18.9 Å². The van der Waals surface area contributed by atoms with Crippen molar-refractivity contribution in [3.05, 3.63) is 28.2 Å². The van der Waals surface area contributed by atoms with Gasteiger partial charge in [0, 0.05) is 4.47 Å². The van der Waals surface area contributed by atoms with E-state index in [2.05, 4.69) is 20.7 Å². The van der Waals surface area contributed by atoms with Gasteiger partial charge in [0.25, 0.3) is 0 Å². The maximum atomic E-state index is 12.6. The Hall–Kier alpha value is -1.29. The van der Waals surface area contributed by atoms with Gasteiger partial charge in [0.15, 0.2) is 0 Å². The van der Waals surface area contributed by atoms with Crippen LogP contribution in [0.2, 0.25) is 0 Å². The zero-order valence-electron chi connectivity index (χ0n) is 10.9. The molecule has 0 aliphatic heterocycles. The van der Waals surface area contributed by atoms with Crippen LogP contribution in [0.1, 0.15) is 10.4 Å². The van der Waals surface area contributed by atoms with Crippen LogP contribution in [0.25, 0.3) is 0 Å². The second-order valence-electron chi connectivity index (χ2n) is 4.04. The second-order valence-corrected chi connectivity index (χ2v) is 6.86. The van der Waals surface area contributed by atoms with Gasteiger partial charge in [-0.3, -0.25) is 4.31 Å². The minimum atomic E-state index is -4.77. The number of alkyl halides is 3. The van der Waals surface area contributed by atoms with Crippen LogP contribution in [-0.2, 0) is 14.8 Å². The molecule has 21 heavy (non-hydrogen) atoms. The number of hydrogen-bond donors (Lipinski definition) is 0. The molecule has 0 atom stereocenters.